The summed E-state index contributed by atoms with van der Waals surface area (Å²) in [5.74, 6) is 2.37. The highest BCUT2D eigenvalue weighted by atomic mass is 16.2. The maximum absolute atomic E-state index is 12.8. The number of carbonyl (C=O) groups is 2. The predicted octanol–water partition coefficient (Wildman–Crippen LogP) is 7.09. The Labute approximate surface area is 222 Å². The minimum absolute atomic E-state index is 0.0216. The molecular weight excluding hydrogens is 460 g/mol. The Morgan fingerprint density at radius 2 is 1.92 bits per heavy atom. The second kappa shape index (κ2) is 14.2. The summed E-state index contributed by atoms with van der Waals surface area (Å²) >= 11 is 0. The van der Waals surface area contributed by atoms with E-state index in [1.807, 2.05) is 43.4 Å². The van der Waals surface area contributed by atoms with Crippen molar-refractivity contribution in [2.24, 2.45) is 17.8 Å². The summed E-state index contributed by atoms with van der Waals surface area (Å²) in [6, 6.07) is 5.96. The van der Waals surface area contributed by atoms with Crippen molar-refractivity contribution in [1.29, 1.82) is 0 Å². The molecular formula is C31H46N4O2. The van der Waals surface area contributed by atoms with Crippen LogP contribution in [0, 0.1) is 17.8 Å². The van der Waals surface area contributed by atoms with E-state index in [1.54, 1.807) is 0 Å². The zero-order valence-electron chi connectivity index (χ0n) is 23.4. The molecule has 3 N–H and O–H groups in total. The number of anilines is 1. The van der Waals surface area contributed by atoms with Crippen LogP contribution < -0.4 is 10.6 Å². The van der Waals surface area contributed by atoms with Gasteiger partial charge in [-0.3, -0.25) is 9.59 Å². The van der Waals surface area contributed by atoms with Crippen molar-refractivity contribution in [1.82, 2.24) is 15.3 Å². The van der Waals surface area contributed by atoms with Crippen LogP contribution in [-0.2, 0) is 16.0 Å². The number of rotatable bonds is 12. The number of imidazole rings is 1. The molecule has 2 amide bonds. The zero-order valence-corrected chi connectivity index (χ0v) is 23.4. The fraction of sp³-hybridized carbons (Fsp3) is 0.581. The van der Waals surface area contributed by atoms with E-state index in [-0.39, 0.29) is 23.8 Å². The molecule has 0 radical (unpaired) electrons. The number of hydrogen-bond acceptors (Lipinski definition) is 3. The first-order valence-corrected chi connectivity index (χ1v) is 14.3. The Balaban J connectivity index is 1.57. The molecule has 2 aromatic rings. The Bertz CT molecular complexity index is 1090. The maximum atomic E-state index is 12.8. The van der Waals surface area contributed by atoms with Crippen molar-refractivity contribution in [2.45, 2.75) is 98.4 Å². The number of allylic oxidation sites excluding steroid dienone is 2. The third-order valence-corrected chi connectivity index (χ3v) is 7.39. The Morgan fingerprint density at radius 3 is 2.62 bits per heavy atom. The van der Waals surface area contributed by atoms with Crippen LogP contribution in [0.2, 0.25) is 0 Å². The molecule has 1 aliphatic carbocycles. The van der Waals surface area contributed by atoms with E-state index in [9.17, 15) is 9.59 Å². The Kier molecular flexibility index (Phi) is 11.0. The van der Waals surface area contributed by atoms with Gasteiger partial charge in [0.2, 0.25) is 5.91 Å². The number of benzene rings is 1. The molecule has 0 saturated heterocycles. The maximum Gasteiger partial charge on any atom is 0.251 e. The van der Waals surface area contributed by atoms with Gasteiger partial charge >= 0.3 is 0 Å². The van der Waals surface area contributed by atoms with E-state index < -0.39 is 0 Å². The van der Waals surface area contributed by atoms with Gasteiger partial charge in [-0.2, -0.15) is 0 Å². The average Bonchev–Trinajstić information content (AvgIpc) is 3.25. The molecule has 2 unspecified atom stereocenters. The number of aromatic nitrogens is 2. The molecule has 1 aromatic carbocycles. The van der Waals surface area contributed by atoms with Crippen molar-refractivity contribution in [3.63, 3.8) is 0 Å². The quantitative estimate of drug-likeness (QED) is 0.212. The van der Waals surface area contributed by atoms with E-state index in [2.05, 4.69) is 48.3 Å². The first-order valence-electron chi connectivity index (χ1n) is 14.3. The van der Waals surface area contributed by atoms with Gasteiger partial charge < -0.3 is 15.6 Å². The fourth-order valence-electron chi connectivity index (χ4n) is 5.34. The second-order valence-electron chi connectivity index (χ2n) is 11.0. The third-order valence-electron chi connectivity index (χ3n) is 7.39. The number of nitrogens with one attached hydrogen (secondary N) is 3. The molecule has 3 rings (SSSR count). The lowest BCUT2D eigenvalue weighted by molar-refractivity contribution is -0.121. The monoisotopic (exact) mass is 506 g/mol. The summed E-state index contributed by atoms with van der Waals surface area (Å²) in [5, 5.41) is 6.25. The van der Waals surface area contributed by atoms with Crippen LogP contribution in [-0.4, -0.2) is 27.8 Å². The minimum atomic E-state index is -0.0216. The fourth-order valence-corrected chi connectivity index (χ4v) is 5.34. The molecule has 6 heteroatoms. The van der Waals surface area contributed by atoms with Crippen molar-refractivity contribution in [3.8, 4) is 0 Å². The first-order chi connectivity index (χ1) is 17.8. The molecule has 0 aliphatic heterocycles. The molecule has 1 aromatic heterocycles. The van der Waals surface area contributed by atoms with Gasteiger partial charge in [-0.1, -0.05) is 58.8 Å². The molecule has 2 atom stereocenters. The van der Waals surface area contributed by atoms with Gasteiger partial charge in [-0.05, 0) is 75.5 Å². The SMILES string of the molecule is CC/C=C(\C=C/Cc1nc2ccc(NC(=O)C3CCC(C)CC3)cc2[nH]1)C(=O)NC(C)CC(C)CCC. The van der Waals surface area contributed by atoms with Crippen LogP contribution in [0.25, 0.3) is 11.0 Å². The van der Waals surface area contributed by atoms with Crippen LogP contribution in [0.15, 0.2) is 42.0 Å². The summed E-state index contributed by atoms with van der Waals surface area (Å²) in [6.45, 7) is 10.8. The van der Waals surface area contributed by atoms with Gasteiger partial charge in [0.05, 0.1) is 11.0 Å². The second-order valence-corrected chi connectivity index (χ2v) is 11.0. The standard InChI is InChI=1S/C31H46N4O2/c1-6-9-22(4)19-23(5)32-30(36)24(10-7-2)11-8-12-29-34-27-18-17-26(20-28(27)35-29)33-31(37)25-15-13-21(3)14-16-25/h8,10-11,17-18,20-23,25H,6-7,9,12-16,19H2,1-5H3,(H,32,36)(H,33,37)(H,34,35)/b11-8-,24-10+. The molecule has 0 bridgehead atoms. The number of hydrogen-bond donors (Lipinski definition) is 3. The van der Waals surface area contributed by atoms with Crippen LogP contribution in [0.3, 0.4) is 0 Å². The van der Waals surface area contributed by atoms with E-state index in [0.717, 1.165) is 67.0 Å². The van der Waals surface area contributed by atoms with Gasteiger partial charge in [0.1, 0.15) is 5.82 Å². The van der Waals surface area contributed by atoms with E-state index in [4.69, 9.17) is 0 Å². The van der Waals surface area contributed by atoms with Crippen LogP contribution in [0.4, 0.5) is 5.69 Å². The van der Waals surface area contributed by atoms with Gasteiger partial charge in [-0.15, -0.1) is 0 Å². The number of carbonyl (C=O) groups excluding carboxylic acids is 2. The molecule has 0 spiro atoms. The largest absolute Gasteiger partial charge is 0.350 e. The summed E-state index contributed by atoms with van der Waals surface area (Å²) in [7, 11) is 0. The molecule has 1 heterocycles. The Morgan fingerprint density at radius 1 is 1.16 bits per heavy atom. The minimum Gasteiger partial charge on any atom is -0.350 e. The highest BCUT2D eigenvalue weighted by Gasteiger charge is 2.24. The highest BCUT2D eigenvalue weighted by molar-refractivity contribution is 5.96. The summed E-state index contributed by atoms with van der Waals surface area (Å²) < 4.78 is 0. The third kappa shape index (κ3) is 8.87. The van der Waals surface area contributed by atoms with Gasteiger partial charge in [0.15, 0.2) is 0 Å². The van der Waals surface area contributed by atoms with Crippen LogP contribution >= 0.6 is 0 Å². The highest BCUT2D eigenvalue weighted by Crippen LogP contribution is 2.29. The van der Waals surface area contributed by atoms with Gasteiger partial charge in [-0.25, -0.2) is 4.98 Å². The van der Waals surface area contributed by atoms with Gasteiger partial charge in [0, 0.05) is 29.6 Å². The summed E-state index contributed by atoms with van der Waals surface area (Å²) in [5.41, 5.74) is 3.25. The lowest BCUT2D eigenvalue weighted by atomic mass is 9.82. The van der Waals surface area contributed by atoms with E-state index in [1.165, 1.54) is 12.8 Å². The molecule has 202 valence electrons. The van der Waals surface area contributed by atoms with Crippen molar-refractivity contribution >= 4 is 28.5 Å². The van der Waals surface area contributed by atoms with Gasteiger partial charge in [0.25, 0.3) is 5.91 Å². The first kappa shape index (κ1) is 28.7. The lowest BCUT2D eigenvalue weighted by Gasteiger charge is -2.25. The predicted molar refractivity (Wildman–Crippen MR) is 153 cm³/mol. The van der Waals surface area contributed by atoms with Crippen molar-refractivity contribution in [3.05, 3.63) is 47.8 Å². The smallest absolute Gasteiger partial charge is 0.251 e. The Hall–Kier alpha value is -2.89. The van der Waals surface area contributed by atoms with Crippen LogP contribution in [0.5, 0.6) is 0 Å². The normalized spacial score (nSPS) is 20.2. The number of nitrogens with zero attached hydrogens (tertiary/aromatic N) is 1. The van der Waals surface area contributed by atoms with Crippen molar-refractivity contribution < 1.29 is 9.59 Å². The number of amides is 2. The topological polar surface area (TPSA) is 86.9 Å². The molecule has 1 aliphatic rings. The average molecular weight is 507 g/mol. The number of fused-ring (bicyclic) bond motifs is 1. The summed E-state index contributed by atoms with van der Waals surface area (Å²) in [4.78, 5) is 33.6. The van der Waals surface area contributed by atoms with E-state index >= 15 is 0 Å². The molecule has 6 nitrogen and oxygen atoms in total. The lowest BCUT2D eigenvalue weighted by Crippen LogP contribution is -2.34. The number of H-pyrrole nitrogens is 1. The zero-order chi connectivity index (χ0) is 26.8. The molecule has 1 saturated carbocycles. The molecule has 1 fully saturated rings. The number of aromatic amines is 1. The van der Waals surface area contributed by atoms with Crippen LogP contribution in [0.1, 0.15) is 91.8 Å². The van der Waals surface area contributed by atoms with Crippen molar-refractivity contribution in [2.75, 3.05) is 5.32 Å². The summed E-state index contributed by atoms with van der Waals surface area (Å²) in [6.07, 6.45) is 14.8. The molecule has 37 heavy (non-hydrogen) atoms. The van der Waals surface area contributed by atoms with E-state index in [0.29, 0.717) is 17.9 Å².